The zero-order valence-corrected chi connectivity index (χ0v) is 16.0. The number of methoxy groups -OCH3 is 1. The van der Waals surface area contributed by atoms with Crippen LogP contribution in [0.1, 0.15) is 52.4 Å². The highest BCUT2D eigenvalue weighted by atomic mass is 16.5. The molecule has 142 valence electrons. The summed E-state index contributed by atoms with van der Waals surface area (Å²) < 4.78 is 5.28. The fraction of sp³-hybridized carbons (Fsp3) is 0.435. The molecule has 1 saturated heterocycles. The number of hydrogen-bond donors (Lipinski definition) is 1. The van der Waals surface area contributed by atoms with Crippen molar-refractivity contribution in [2.24, 2.45) is 0 Å². The number of likely N-dealkylation sites (tertiary alicyclic amines) is 1. The van der Waals surface area contributed by atoms with Crippen LogP contribution in [0.3, 0.4) is 0 Å². The zero-order chi connectivity index (χ0) is 18.6. The first-order chi connectivity index (χ1) is 13.2. The van der Waals surface area contributed by atoms with Crippen LogP contribution in [0.2, 0.25) is 0 Å². The van der Waals surface area contributed by atoms with Crippen molar-refractivity contribution in [3.63, 3.8) is 0 Å². The first-order valence-corrected chi connectivity index (χ1v) is 10.0. The fourth-order valence-corrected chi connectivity index (χ4v) is 4.34. The Bertz CT molecular complexity index is 795. The molecule has 2 aliphatic rings. The predicted octanol–water partition coefficient (Wildman–Crippen LogP) is 3.75. The van der Waals surface area contributed by atoms with Crippen LogP contribution in [0.25, 0.3) is 0 Å². The van der Waals surface area contributed by atoms with Gasteiger partial charge in [0.1, 0.15) is 5.75 Å². The van der Waals surface area contributed by atoms with Crippen LogP contribution in [0.4, 0.5) is 0 Å². The number of carbonyl (C=O) groups excluding carboxylic acids is 1. The monoisotopic (exact) mass is 364 g/mol. The molecule has 27 heavy (non-hydrogen) atoms. The van der Waals surface area contributed by atoms with E-state index in [0.29, 0.717) is 6.54 Å². The highest BCUT2D eigenvalue weighted by molar-refractivity contribution is 5.94. The van der Waals surface area contributed by atoms with Crippen LogP contribution < -0.4 is 10.1 Å². The Morgan fingerprint density at radius 3 is 2.52 bits per heavy atom. The highest BCUT2D eigenvalue weighted by Gasteiger charge is 2.24. The molecule has 1 atom stereocenters. The molecular weight excluding hydrogens is 336 g/mol. The van der Waals surface area contributed by atoms with Gasteiger partial charge in [0.2, 0.25) is 0 Å². The van der Waals surface area contributed by atoms with E-state index in [-0.39, 0.29) is 11.9 Å². The molecule has 1 aliphatic heterocycles. The van der Waals surface area contributed by atoms with Crippen LogP contribution in [0.15, 0.2) is 42.5 Å². The number of aryl methyl sites for hydroxylation is 2. The van der Waals surface area contributed by atoms with Crippen molar-refractivity contribution in [3.8, 4) is 5.75 Å². The summed E-state index contributed by atoms with van der Waals surface area (Å²) in [7, 11) is 1.68. The van der Waals surface area contributed by atoms with Gasteiger partial charge in [-0.25, -0.2) is 0 Å². The topological polar surface area (TPSA) is 41.6 Å². The molecule has 0 spiro atoms. The van der Waals surface area contributed by atoms with Crippen LogP contribution in [0.5, 0.6) is 5.75 Å². The number of amides is 1. The number of nitrogens with zero attached hydrogens (tertiary/aromatic N) is 1. The molecule has 4 nitrogen and oxygen atoms in total. The summed E-state index contributed by atoms with van der Waals surface area (Å²) in [6, 6.07) is 14.6. The van der Waals surface area contributed by atoms with E-state index in [4.69, 9.17) is 4.74 Å². The van der Waals surface area contributed by atoms with Crippen molar-refractivity contribution < 1.29 is 9.53 Å². The fourth-order valence-electron chi connectivity index (χ4n) is 4.34. The lowest BCUT2D eigenvalue weighted by molar-refractivity contribution is 0.0938. The summed E-state index contributed by atoms with van der Waals surface area (Å²) in [6.07, 6.45) is 5.90. The smallest absolute Gasteiger partial charge is 0.251 e. The first kappa shape index (κ1) is 18.1. The van der Waals surface area contributed by atoms with Crippen molar-refractivity contribution in [2.45, 2.75) is 38.1 Å². The van der Waals surface area contributed by atoms with Crippen LogP contribution in [-0.4, -0.2) is 37.6 Å². The van der Waals surface area contributed by atoms with Gasteiger partial charge in [-0.1, -0.05) is 18.2 Å². The SMILES string of the molecule is COc1ccc(C(CNC(=O)c2ccc3c(c2)CCC3)N2CCCC2)cc1. The molecule has 2 aromatic carbocycles. The standard InChI is InChI=1S/C23H28N2O2/c1-27-21-11-9-18(10-12-21)22(25-13-2-3-14-25)16-24-23(26)20-8-7-17-5-4-6-19(17)15-20/h7-12,15,22H,2-6,13-14,16H2,1H3,(H,24,26). The van der Waals surface area contributed by atoms with Gasteiger partial charge in [-0.15, -0.1) is 0 Å². The van der Waals surface area contributed by atoms with Crippen LogP contribution >= 0.6 is 0 Å². The molecule has 0 saturated carbocycles. The molecule has 1 amide bonds. The van der Waals surface area contributed by atoms with Crippen LogP contribution in [-0.2, 0) is 12.8 Å². The largest absolute Gasteiger partial charge is 0.497 e. The third-order valence-electron chi connectivity index (χ3n) is 5.90. The third kappa shape index (κ3) is 4.01. The van der Waals surface area contributed by atoms with Crippen LogP contribution in [0, 0.1) is 0 Å². The lowest BCUT2D eigenvalue weighted by Gasteiger charge is -2.28. The summed E-state index contributed by atoms with van der Waals surface area (Å²) in [6.45, 7) is 2.80. The summed E-state index contributed by atoms with van der Waals surface area (Å²) in [5.74, 6) is 0.892. The highest BCUT2D eigenvalue weighted by Crippen LogP contribution is 2.27. The Morgan fingerprint density at radius 2 is 1.78 bits per heavy atom. The van der Waals surface area contributed by atoms with Gasteiger partial charge in [0.25, 0.3) is 5.91 Å². The minimum Gasteiger partial charge on any atom is -0.497 e. The van der Waals surface area contributed by atoms with Crippen molar-refractivity contribution >= 4 is 5.91 Å². The van der Waals surface area contributed by atoms with Crippen molar-refractivity contribution in [3.05, 3.63) is 64.7 Å². The molecular formula is C23H28N2O2. The average molecular weight is 364 g/mol. The van der Waals surface area contributed by atoms with Crippen molar-refractivity contribution in [1.29, 1.82) is 0 Å². The lowest BCUT2D eigenvalue weighted by Crippen LogP contribution is -2.36. The van der Waals surface area contributed by atoms with Gasteiger partial charge in [-0.2, -0.15) is 0 Å². The summed E-state index contributed by atoms with van der Waals surface area (Å²) in [5, 5.41) is 3.18. The molecule has 0 bridgehead atoms. The second-order valence-corrected chi connectivity index (χ2v) is 7.58. The summed E-state index contributed by atoms with van der Waals surface area (Å²) >= 11 is 0. The molecule has 4 rings (SSSR count). The van der Waals surface area contributed by atoms with Gasteiger partial charge in [0, 0.05) is 12.1 Å². The minimum atomic E-state index is 0.0300. The quantitative estimate of drug-likeness (QED) is 0.849. The molecule has 1 fully saturated rings. The van der Waals surface area contributed by atoms with E-state index in [1.807, 2.05) is 18.2 Å². The van der Waals surface area contributed by atoms with Crippen molar-refractivity contribution in [1.82, 2.24) is 10.2 Å². The normalized spacial score (nSPS) is 17.5. The molecule has 0 aromatic heterocycles. The third-order valence-corrected chi connectivity index (χ3v) is 5.90. The molecule has 1 N–H and O–H groups in total. The summed E-state index contributed by atoms with van der Waals surface area (Å²) in [5.41, 5.74) is 4.76. The van der Waals surface area contributed by atoms with E-state index in [1.54, 1.807) is 7.11 Å². The Kier molecular flexibility index (Phi) is 5.44. The molecule has 2 aromatic rings. The maximum absolute atomic E-state index is 12.7. The van der Waals surface area contributed by atoms with E-state index < -0.39 is 0 Å². The van der Waals surface area contributed by atoms with Gasteiger partial charge in [0.15, 0.2) is 0 Å². The first-order valence-electron chi connectivity index (χ1n) is 10.0. The van der Waals surface area contributed by atoms with Gasteiger partial charge < -0.3 is 10.1 Å². The maximum Gasteiger partial charge on any atom is 0.251 e. The van der Waals surface area contributed by atoms with Gasteiger partial charge in [-0.05, 0) is 86.1 Å². The molecule has 1 aliphatic carbocycles. The average Bonchev–Trinajstić information content (AvgIpc) is 3.40. The zero-order valence-electron chi connectivity index (χ0n) is 16.0. The Labute approximate surface area is 161 Å². The van der Waals surface area contributed by atoms with Gasteiger partial charge in [0.05, 0.1) is 13.2 Å². The predicted molar refractivity (Wildman–Crippen MR) is 107 cm³/mol. The molecule has 1 heterocycles. The number of fused-ring (bicyclic) bond motifs is 1. The van der Waals surface area contributed by atoms with Gasteiger partial charge >= 0.3 is 0 Å². The molecule has 0 radical (unpaired) electrons. The number of nitrogens with one attached hydrogen (secondary N) is 1. The summed E-state index contributed by atoms with van der Waals surface area (Å²) in [4.78, 5) is 15.2. The Morgan fingerprint density at radius 1 is 1.04 bits per heavy atom. The van der Waals surface area contributed by atoms with E-state index in [9.17, 15) is 4.79 Å². The molecule has 1 unspecified atom stereocenters. The molecule has 4 heteroatoms. The number of hydrogen-bond acceptors (Lipinski definition) is 3. The van der Waals surface area contributed by atoms with E-state index in [0.717, 1.165) is 37.2 Å². The van der Waals surface area contributed by atoms with E-state index in [1.165, 1.54) is 36.0 Å². The van der Waals surface area contributed by atoms with E-state index >= 15 is 0 Å². The second-order valence-electron chi connectivity index (χ2n) is 7.58. The maximum atomic E-state index is 12.7. The number of benzene rings is 2. The number of ether oxygens (including phenoxy) is 1. The Balaban J connectivity index is 1.47. The van der Waals surface area contributed by atoms with Gasteiger partial charge in [-0.3, -0.25) is 9.69 Å². The minimum absolute atomic E-state index is 0.0300. The van der Waals surface area contributed by atoms with E-state index in [2.05, 4.69) is 34.5 Å². The van der Waals surface area contributed by atoms with Crippen molar-refractivity contribution in [2.75, 3.05) is 26.7 Å². The number of carbonyl (C=O) groups is 1. The second kappa shape index (κ2) is 8.13. The lowest BCUT2D eigenvalue weighted by atomic mass is 10.0. The number of rotatable bonds is 6. The Hall–Kier alpha value is -2.33.